The van der Waals surface area contributed by atoms with Gasteiger partial charge in [0.1, 0.15) is 0 Å². The molecule has 0 radical (unpaired) electrons. The predicted molar refractivity (Wildman–Crippen MR) is 127 cm³/mol. The van der Waals surface area contributed by atoms with E-state index in [4.69, 9.17) is 0 Å². The van der Waals surface area contributed by atoms with Gasteiger partial charge in [0.05, 0.1) is 11.1 Å². The molecule has 0 spiro atoms. The van der Waals surface area contributed by atoms with Crippen molar-refractivity contribution < 1.29 is 9.59 Å². The Kier molecular flexibility index (Phi) is 6.31. The van der Waals surface area contributed by atoms with Crippen LogP contribution in [-0.2, 0) is 4.79 Å². The van der Waals surface area contributed by atoms with Crippen molar-refractivity contribution in [1.29, 1.82) is 0 Å². The zero-order valence-corrected chi connectivity index (χ0v) is 19.7. The second-order valence-electron chi connectivity index (χ2n) is 8.27. The van der Waals surface area contributed by atoms with Crippen LogP contribution in [0.2, 0.25) is 0 Å². The van der Waals surface area contributed by atoms with Crippen LogP contribution >= 0.6 is 15.9 Å². The molecule has 3 N–H and O–H groups in total. The summed E-state index contributed by atoms with van der Waals surface area (Å²) in [5, 5.41) is 5.95. The van der Waals surface area contributed by atoms with Crippen molar-refractivity contribution in [2.75, 3.05) is 51.6 Å². The van der Waals surface area contributed by atoms with Crippen LogP contribution in [-0.4, -0.2) is 72.9 Å². The molecule has 2 aromatic rings. The Labute approximate surface area is 191 Å². The van der Waals surface area contributed by atoms with Crippen LogP contribution in [0.1, 0.15) is 32.9 Å². The van der Waals surface area contributed by atoms with E-state index >= 15 is 0 Å². The number of carbonyl (C=O) groups is 2. The number of benzene rings is 1. The van der Waals surface area contributed by atoms with Gasteiger partial charge in [0.2, 0.25) is 0 Å². The number of anilines is 1. The first-order chi connectivity index (χ1) is 14.8. The summed E-state index contributed by atoms with van der Waals surface area (Å²) < 4.78 is 0.911. The SMILES string of the molecule is Cc1[nH]c(C=C2C(=O)Nc3ccc(Br)cc32)c(C)c1C(=O)NCCN1CCN(C)CC1. The molecule has 2 aliphatic rings. The number of halogens is 1. The number of fused-ring (bicyclic) bond motifs is 1. The average molecular weight is 486 g/mol. The summed E-state index contributed by atoms with van der Waals surface area (Å²) in [4.78, 5) is 33.4. The topological polar surface area (TPSA) is 80.5 Å². The number of likely N-dealkylation sites (N-methyl/N-ethyl adjacent to an activating group) is 1. The molecule has 0 bridgehead atoms. The Morgan fingerprint density at radius 2 is 1.97 bits per heavy atom. The fourth-order valence-corrected chi connectivity index (χ4v) is 4.56. The molecule has 3 heterocycles. The maximum Gasteiger partial charge on any atom is 0.256 e. The van der Waals surface area contributed by atoms with Gasteiger partial charge in [-0.05, 0) is 50.7 Å². The quantitative estimate of drug-likeness (QED) is 0.568. The molecule has 7 nitrogen and oxygen atoms in total. The zero-order chi connectivity index (χ0) is 22.1. The van der Waals surface area contributed by atoms with E-state index in [0.29, 0.717) is 17.7 Å². The minimum Gasteiger partial charge on any atom is -0.358 e. The van der Waals surface area contributed by atoms with Crippen molar-refractivity contribution >= 4 is 45.1 Å². The van der Waals surface area contributed by atoms with Crippen LogP contribution in [0.5, 0.6) is 0 Å². The molecule has 1 fully saturated rings. The molecule has 2 amide bonds. The predicted octanol–water partition coefficient (Wildman–Crippen LogP) is 2.86. The second-order valence-corrected chi connectivity index (χ2v) is 9.18. The number of hydrogen-bond donors (Lipinski definition) is 3. The number of piperazine rings is 1. The Hall–Kier alpha value is -2.42. The van der Waals surface area contributed by atoms with Crippen molar-refractivity contribution in [3.8, 4) is 0 Å². The van der Waals surface area contributed by atoms with E-state index in [1.54, 1.807) is 0 Å². The smallest absolute Gasteiger partial charge is 0.256 e. The summed E-state index contributed by atoms with van der Waals surface area (Å²) in [6.07, 6.45) is 1.83. The van der Waals surface area contributed by atoms with Crippen LogP contribution in [0.3, 0.4) is 0 Å². The first-order valence-electron chi connectivity index (χ1n) is 10.5. The number of rotatable bonds is 5. The van der Waals surface area contributed by atoms with Crippen LogP contribution in [0.4, 0.5) is 5.69 Å². The first-order valence-corrected chi connectivity index (χ1v) is 11.3. The zero-order valence-electron chi connectivity index (χ0n) is 18.1. The highest BCUT2D eigenvalue weighted by atomic mass is 79.9. The summed E-state index contributed by atoms with van der Waals surface area (Å²) in [5.41, 5.74) is 5.31. The van der Waals surface area contributed by atoms with Gasteiger partial charge in [-0.2, -0.15) is 0 Å². The maximum atomic E-state index is 12.9. The van der Waals surface area contributed by atoms with Crippen LogP contribution in [0.15, 0.2) is 22.7 Å². The summed E-state index contributed by atoms with van der Waals surface area (Å²) in [6.45, 7) is 9.48. The summed E-state index contributed by atoms with van der Waals surface area (Å²) in [7, 11) is 2.14. The van der Waals surface area contributed by atoms with Gasteiger partial charge in [0, 0.05) is 66.4 Å². The monoisotopic (exact) mass is 485 g/mol. The molecule has 2 aliphatic heterocycles. The Bertz CT molecular complexity index is 1050. The largest absolute Gasteiger partial charge is 0.358 e. The first kappa shape index (κ1) is 21.8. The lowest BCUT2D eigenvalue weighted by Crippen LogP contribution is -2.46. The highest BCUT2D eigenvalue weighted by molar-refractivity contribution is 9.10. The van der Waals surface area contributed by atoms with Gasteiger partial charge in [-0.1, -0.05) is 15.9 Å². The lowest BCUT2D eigenvalue weighted by atomic mass is 10.0. The van der Waals surface area contributed by atoms with Gasteiger partial charge < -0.3 is 20.5 Å². The number of hydrogen-bond acceptors (Lipinski definition) is 4. The molecule has 4 rings (SSSR count). The molecule has 1 aromatic carbocycles. The van der Waals surface area contributed by atoms with Crippen LogP contribution in [0.25, 0.3) is 11.6 Å². The summed E-state index contributed by atoms with van der Waals surface area (Å²) >= 11 is 3.47. The Morgan fingerprint density at radius 3 is 2.71 bits per heavy atom. The number of aryl methyl sites for hydroxylation is 1. The van der Waals surface area contributed by atoms with E-state index in [0.717, 1.165) is 65.4 Å². The average Bonchev–Trinajstić information content (AvgIpc) is 3.19. The third-order valence-corrected chi connectivity index (χ3v) is 6.56. The van der Waals surface area contributed by atoms with Gasteiger partial charge in [0.25, 0.3) is 11.8 Å². The van der Waals surface area contributed by atoms with Gasteiger partial charge in [0.15, 0.2) is 0 Å². The minimum atomic E-state index is -0.141. The van der Waals surface area contributed by atoms with Crippen molar-refractivity contribution in [2.45, 2.75) is 13.8 Å². The van der Waals surface area contributed by atoms with Gasteiger partial charge in [-0.25, -0.2) is 0 Å². The molecule has 8 heteroatoms. The second kappa shape index (κ2) is 8.98. The fraction of sp³-hybridized carbons (Fsp3) is 0.391. The van der Waals surface area contributed by atoms with E-state index in [1.807, 2.05) is 38.1 Å². The van der Waals surface area contributed by atoms with Gasteiger partial charge >= 0.3 is 0 Å². The number of amides is 2. The molecule has 0 unspecified atom stereocenters. The van der Waals surface area contributed by atoms with Gasteiger partial charge in [-0.15, -0.1) is 0 Å². The summed E-state index contributed by atoms with van der Waals surface area (Å²) in [5.74, 6) is -0.220. The van der Waals surface area contributed by atoms with E-state index in [-0.39, 0.29) is 11.8 Å². The molecule has 31 heavy (non-hydrogen) atoms. The van der Waals surface area contributed by atoms with Crippen molar-refractivity contribution in [3.63, 3.8) is 0 Å². The molecule has 0 aliphatic carbocycles. The third-order valence-electron chi connectivity index (χ3n) is 6.07. The third kappa shape index (κ3) is 4.61. The number of nitrogens with zero attached hydrogens (tertiary/aromatic N) is 2. The molecule has 1 saturated heterocycles. The molecule has 0 atom stereocenters. The molecular weight excluding hydrogens is 458 g/mol. The van der Waals surface area contributed by atoms with E-state index in [9.17, 15) is 9.59 Å². The lowest BCUT2D eigenvalue weighted by Gasteiger charge is -2.32. The van der Waals surface area contributed by atoms with Crippen LogP contribution < -0.4 is 10.6 Å². The Balaban J connectivity index is 1.48. The number of aromatic nitrogens is 1. The van der Waals surface area contributed by atoms with Crippen molar-refractivity contribution in [2.24, 2.45) is 0 Å². The highest BCUT2D eigenvalue weighted by Crippen LogP contribution is 2.35. The fourth-order valence-electron chi connectivity index (χ4n) is 4.19. The number of nitrogens with one attached hydrogen (secondary N) is 3. The molecular formula is C23H28BrN5O2. The van der Waals surface area contributed by atoms with Crippen molar-refractivity contribution in [1.82, 2.24) is 20.1 Å². The molecule has 164 valence electrons. The minimum absolute atomic E-state index is 0.0796. The van der Waals surface area contributed by atoms with E-state index in [2.05, 4.69) is 48.4 Å². The van der Waals surface area contributed by atoms with E-state index in [1.165, 1.54) is 0 Å². The van der Waals surface area contributed by atoms with Crippen LogP contribution in [0, 0.1) is 13.8 Å². The number of aromatic amines is 1. The maximum absolute atomic E-state index is 12.9. The molecule has 0 saturated carbocycles. The highest BCUT2D eigenvalue weighted by Gasteiger charge is 2.26. The van der Waals surface area contributed by atoms with Gasteiger partial charge in [-0.3, -0.25) is 14.5 Å². The Morgan fingerprint density at radius 1 is 1.23 bits per heavy atom. The normalized spacial score (nSPS) is 18.3. The lowest BCUT2D eigenvalue weighted by molar-refractivity contribution is -0.110. The van der Waals surface area contributed by atoms with Crippen molar-refractivity contribution in [3.05, 3.63) is 50.8 Å². The summed E-state index contributed by atoms with van der Waals surface area (Å²) in [6, 6.07) is 5.71. The number of H-pyrrole nitrogens is 1. The van der Waals surface area contributed by atoms with E-state index < -0.39 is 0 Å². The number of carbonyl (C=O) groups excluding carboxylic acids is 2. The standard InChI is InChI=1S/C23H28BrN5O2/c1-14-20(13-18-17-12-16(24)4-5-19(17)27-22(18)30)26-15(2)21(14)23(31)25-6-7-29-10-8-28(3)9-11-29/h4-5,12-13,26H,6-11H2,1-3H3,(H,25,31)(H,27,30). The molecule has 1 aromatic heterocycles.